The van der Waals surface area contributed by atoms with Crippen molar-refractivity contribution in [3.8, 4) is 0 Å². The number of nitrogens with zero attached hydrogens (tertiary/aromatic N) is 2. The molecule has 0 radical (unpaired) electrons. The van der Waals surface area contributed by atoms with Gasteiger partial charge in [-0.05, 0) is 31.0 Å². The zero-order valence-corrected chi connectivity index (χ0v) is 14.3. The monoisotopic (exact) mass is 359 g/mol. The van der Waals surface area contributed by atoms with Crippen molar-refractivity contribution in [3.63, 3.8) is 0 Å². The molecule has 0 bridgehead atoms. The first-order valence-electron chi connectivity index (χ1n) is 8.09. The third kappa shape index (κ3) is 4.09. The average molecular weight is 360 g/mol. The molecule has 130 valence electrons. The fraction of sp³-hybridized carbons (Fsp3) is 0.278. The van der Waals surface area contributed by atoms with Crippen LogP contribution in [0.3, 0.4) is 0 Å². The molecule has 0 unspecified atom stereocenters. The number of hydrogen-bond acceptors (Lipinski definition) is 4. The minimum atomic E-state index is -0.457. The second-order valence-corrected chi connectivity index (χ2v) is 6.40. The van der Waals surface area contributed by atoms with Gasteiger partial charge >= 0.3 is 0 Å². The molecule has 1 saturated heterocycles. The Hall–Kier alpha value is -2.60. The molecule has 0 atom stereocenters. The number of non-ortho nitro benzene ring substituents is 1. The third-order valence-corrected chi connectivity index (χ3v) is 4.65. The van der Waals surface area contributed by atoms with Crippen molar-refractivity contribution < 1.29 is 9.72 Å². The number of hydrogen-bond donors (Lipinski definition) is 1. The van der Waals surface area contributed by atoms with E-state index in [2.05, 4.69) is 10.2 Å². The average Bonchev–Trinajstić information content (AvgIpc) is 2.63. The van der Waals surface area contributed by atoms with E-state index < -0.39 is 4.92 Å². The molecule has 1 aliphatic rings. The van der Waals surface area contributed by atoms with Gasteiger partial charge in [0.05, 0.1) is 15.6 Å². The molecule has 6 nitrogen and oxygen atoms in total. The van der Waals surface area contributed by atoms with Crippen molar-refractivity contribution in [2.24, 2.45) is 0 Å². The Morgan fingerprint density at radius 1 is 1.16 bits per heavy atom. The summed E-state index contributed by atoms with van der Waals surface area (Å²) in [5.41, 5.74) is 1.43. The molecule has 2 aromatic carbocycles. The zero-order valence-electron chi connectivity index (χ0n) is 13.5. The van der Waals surface area contributed by atoms with Crippen LogP contribution in [0.5, 0.6) is 0 Å². The lowest BCUT2D eigenvalue weighted by atomic mass is 10.0. The van der Waals surface area contributed by atoms with Crippen LogP contribution in [0.25, 0.3) is 0 Å². The van der Waals surface area contributed by atoms with Crippen LogP contribution in [0.15, 0.2) is 48.5 Å². The van der Waals surface area contributed by atoms with Gasteiger partial charge in [-0.1, -0.05) is 29.8 Å². The van der Waals surface area contributed by atoms with Crippen LogP contribution in [0.1, 0.15) is 23.2 Å². The molecule has 0 saturated carbocycles. The van der Waals surface area contributed by atoms with E-state index in [0.717, 1.165) is 31.6 Å². The molecule has 1 heterocycles. The van der Waals surface area contributed by atoms with E-state index in [1.165, 1.54) is 12.1 Å². The highest BCUT2D eigenvalue weighted by Gasteiger charge is 2.23. The molecular formula is C18H18ClN3O3. The van der Waals surface area contributed by atoms with Gasteiger partial charge in [-0.3, -0.25) is 14.9 Å². The van der Waals surface area contributed by atoms with E-state index in [-0.39, 0.29) is 17.6 Å². The minimum Gasteiger partial charge on any atom is -0.370 e. The lowest BCUT2D eigenvalue weighted by molar-refractivity contribution is -0.384. The Morgan fingerprint density at radius 2 is 1.84 bits per heavy atom. The highest BCUT2D eigenvalue weighted by molar-refractivity contribution is 6.33. The van der Waals surface area contributed by atoms with Crippen molar-refractivity contribution in [3.05, 3.63) is 69.2 Å². The molecule has 0 aliphatic carbocycles. The van der Waals surface area contributed by atoms with Crippen molar-refractivity contribution in [2.45, 2.75) is 18.9 Å². The van der Waals surface area contributed by atoms with E-state index in [9.17, 15) is 14.9 Å². The molecule has 1 fully saturated rings. The van der Waals surface area contributed by atoms with Crippen LogP contribution < -0.4 is 10.2 Å². The second kappa shape index (κ2) is 7.53. The maximum atomic E-state index is 12.2. The van der Waals surface area contributed by atoms with Gasteiger partial charge in [0, 0.05) is 36.8 Å². The fourth-order valence-corrected chi connectivity index (χ4v) is 3.28. The molecule has 1 N–H and O–H groups in total. The number of nitrogens with one attached hydrogen (secondary N) is 1. The SMILES string of the molecule is O=C(NC1CCN(c2ccc([N+](=O)[O-])cc2Cl)CC1)c1ccccc1. The lowest BCUT2D eigenvalue weighted by Gasteiger charge is -2.34. The second-order valence-electron chi connectivity index (χ2n) is 5.99. The normalized spacial score (nSPS) is 15.0. The smallest absolute Gasteiger partial charge is 0.271 e. The highest BCUT2D eigenvalue weighted by Crippen LogP contribution is 2.31. The Morgan fingerprint density at radius 3 is 2.44 bits per heavy atom. The van der Waals surface area contributed by atoms with Crippen LogP contribution in [-0.4, -0.2) is 30.0 Å². The van der Waals surface area contributed by atoms with Gasteiger partial charge in [0.15, 0.2) is 0 Å². The first-order valence-corrected chi connectivity index (χ1v) is 8.47. The summed E-state index contributed by atoms with van der Waals surface area (Å²) in [6.45, 7) is 1.47. The van der Waals surface area contributed by atoms with Crippen LogP contribution in [0.2, 0.25) is 5.02 Å². The number of amides is 1. The lowest BCUT2D eigenvalue weighted by Crippen LogP contribution is -2.44. The number of piperidine rings is 1. The molecule has 3 rings (SSSR count). The van der Waals surface area contributed by atoms with Crippen molar-refractivity contribution in [1.82, 2.24) is 5.32 Å². The van der Waals surface area contributed by atoms with E-state index >= 15 is 0 Å². The summed E-state index contributed by atoms with van der Waals surface area (Å²) in [5, 5.41) is 14.2. The van der Waals surface area contributed by atoms with Crippen molar-refractivity contribution >= 4 is 28.9 Å². The number of halogens is 1. The van der Waals surface area contributed by atoms with Gasteiger partial charge in [0.25, 0.3) is 11.6 Å². The number of rotatable bonds is 4. The molecule has 0 aromatic heterocycles. The molecule has 2 aromatic rings. The summed E-state index contributed by atoms with van der Waals surface area (Å²) in [6.07, 6.45) is 1.60. The number of nitro benzene ring substituents is 1. The summed E-state index contributed by atoms with van der Waals surface area (Å²) >= 11 is 6.19. The molecule has 25 heavy (non-hydrogen) atoms. The summed E-state index contributed by atoms with van der Waals surface area (Å²) in [5.74, 6) is -0.0626. The van der Waals surface area contributed by atoms with Gasteiger partial charge in [-0.25, -0.2) is 0 Å². The molecule has 7 heteroatoms. The predicted molar refractivity (Wildman–Crippen MR) is 97.2 cm³/mol. The van der Waals surface area contributed by atoms with E-state index in [1.807, 2.05) is 18.2 Å². The van der Waals surface area contributed by atoms with Gasteiger partial charge < -0.3 is 10.2 Å². The van der Waals surface area contributed by atoms with Gasteiger partial charge in [0.2, 0.25) is 0 Å². The summed E-state index contributed by atoms with van der Waals surface area (Å²) in [6, 6.07) is 13.8. The van der Waals surface area contributed by atoms with Crippen LogP contribution in [0.4, 0.5) is 11.4 Å². The minimum absolute atomic E-state index is 0.0150. The Balaban J connectivity index is 1.59. The van der Waals surface area contributed by atoms with Crippen LogP contribution in [0, 0.1) is 10.1 Å². The summed E-state index contributed by atoms with van der Waals surface area (Å²) in [7, 11) is 0. The van der Waals surface area contributed by atoms with E-state index in [0.29, 0.717) is 10.6 Å². The Kier molecular flexibility index (Phi) is 5.19. The fourth-order valence-electron chi connectivity index (χ4n) is 2.99. The number of anilines is 1. The van der Waals surface area contributed by atoms with Gasteiger partial charge in [-0.15, -0.1) is 0 Å². The quantitative estimate of drug-likeness (QED) is 0.667. The molecule has 0 spiro atoms. The van der Waals surface area contributed by atoms with E-state index in [1.54, 1.807) is 18.2 Å². The zero-order chi connectivity index (χ0) is 17.8. The van der Waals surface area contributed by atoms with Crippen molar-refractivity contribution in [2.75, 3.05) is 18.0 Å². The predicted octanol–water partition coefficient (Wildman–Crippen LogP) is 3.65. The highest BCUT2D eigenvalue weighted by atomic mass is 35.5. The van der Waals surface area contributed by atoms with Crippen LogP contribution >= 0.6 is 11.6 Å². The van der Waals surface area contributed by atoms with Crippen molar-refractivity contribution in [1.29, 1.82) is 0 Å². The largest absolute Gasteiger partial charge is 0.370 e. The third-order valence-electron chi connectivity index (χ3n) is 4.35. The molecule has 1 aliphatic heterocycles. The maximum Gasteiger partial charge on any atom is 0.271 e. The summed E-state index contributed by atoms with van der Waals surface area (Å²) < 4.78 is 0. The molecular weight excluding hydrogens is 342 g/mol. The number of benzene rings is 2. The van der Waals surface area contributed by atoms with Gasteiger partial charge in [0.1, 0.15) is 0 Å². The number of nitro groups is 1. The van der Waals surface area contributed by atoms with Crippen LogP contribution in [-0.2, 0) is 0 Å². The first-order chi connectivity index (χ1) is 12.0. The molecule has 1 amide bonds. The first kappa shape index (κ1) is 17.2. The standard InChI is InChI=1S/C18H18ClN3O3/c19-16-12-15(22(24)25)6-7-17(16)21-10-8-14(9-11-21)20-18(23)13-4-2-1-3-5-13/h1-7,12,14H,8-11H2,(H,20,23). The van der Waals surface area contributed by atoms with E-state index in [4.69, 9.17) is 11.6 Å². The topological polar surface area (TPSA) is 75.5 Å². The Bertz CT molecular complexity index is 774. The number of carbonyl (C=O) groups is 1. The Labute approximate surface area is 150 Å². The van der Waals surface area contributed by atoms with Gasteiger partial charge in [-0.2, -0.15) is 0 Å². The summed E-state index contributed by atoms with van der Waals surface area (Å²) in [4.78, 5) is 24.6. The maximum absolute atomic E-state index is 12.2. The number of carbonyl (C=O) groups excluding carboxylic acids is 1.